The normalized spacial score (nSPS) is 10.4. The molecule has 3 nitrogen and oxygen atoms in total. The van der Waals surface area contributed by atoms with Crippen molar-refractivity contribution in [2.24, 2.45) is 0 Å². The van der Waals surface area contributed by atoms with Crippen molar-refractivity contribution in [2.45, 2.75) is 20.8 Å². The Morgan fingerprint density at radius 2 is 1.67 bits per heavy atom. The highest BCUT2D eigenvalue weighted by Gasteiger charge is 2.06. The van der Waals surface area contributed by atoms with Crippen molar-refractivity contribution in [1.29, 1.82) is 0 Å². The fourth-order valence-electron chi connectivity index (χ4n) is 1.84. The average molecular weight is 306 g/mol. The molecular weight excluding hydrogens is 290 g/mol. The number of benzene rings is 1. The van der Waals surface area contributed by atoms with Gasteiger partial charge in [-0.1, -0.05) is 15.9 Å². The third-order valence-corrected chi connectivity index (χ3v) is 3.35. The van der Waals surface area contributed by atoms with Crippen molar-refractivity contribution < 1.29 is 0 Å². The molecule has 1 aromatic carbocycles. The van der Waals surface area contributed by atoms with Crippen LogP contribution in [0.5, 0.6) is 0 Å². The first kappa shape index (κ1) is 12.9. The van der Waals surface area contributed by atoms with E-state index in [1.807, 2.05) is 13.0 Å². The molecule has 0 aliphatic rings. The van der Waals surface area contributed by atoms with Gasteiger partial charge in [0.05, 0.1) is 0 Å². The second-order valence-electron chi connectivity index (χ2n) is 4.47. The van der Waals surface area contributed by atoms with E-state index in [0.29, 0.717) is 0 Å². The van der Waals surface area contributed by atoms with Crippen LogP contribution in [0.3, 0.4) is 0 Å². The van der Waals surface area contributed by atoms with Gasteiger partial charge in [-0.2, -0.15) is 0 Å². The topological polar surface area (TPSA) is 50.9 Å². The predicted octanol–water partition coefficient (Wildman–Crippen LogP) is 4.10. The van der Waals surface area contributed by atoms with Crippen LogP contribution in [0.25, 0.3) is 0 Å². The molecule has 2 rings (SSSR count). The van der Waals surface area contributed by atoms with Crippen LogP contribution in [0.1, 0.15) is 16.7 Å². The molecule has 18 heavy (non-hydrogen) atoms. The average Bonchev–Trinajstić information content (AvgIpc) is 2.28. The van der Waals surface area contributed by atoms with E-state index in [-0.39, 0.29) is 0 Å². The van der Waals surface area contributed by atoms with Crippen molar-refractivity contribution in [3.8, 4) is 0 Å². The van der Waals surface area contributed by atoms with Gasteiger partial charge in [0, 0.05) is 28.1 Å². The van der Waals surface area contributed by atoms with E-state index in [2.05, 4.69) is 52.2 Å². The van der Waals surface area contributed by atoms with Crippen molar-refractivity contribution in [3.05, 3.63) is 45.6 Å². The largest absolute Gasteiger partial charge is 0.398 e. The minimum absolute atomic E-state index is 0.750. The maximum Gasteiger partial charge on any atom is 0.132 e. The summed E-state index contributed by atoms with van der Waals surface area (Å²) in [4.78, 5) is 4.34. The van der Waals surface area contributed by atoms with E-state index in [0.717, 1.165) is 27.2 Å². The van der Waals surface area contributed by atoms with Crippen LogP contribution in [-0.4, -0.2) is 4.98 Å². The van der Waals surface area contributed by atoms with Crippen molar-refractivity contribution >= 4 is 33.1 Å². The Hall–Kier alpha value is -1.55. The fraction of sp³-hybridized carbons (Fsp3) is 0.214. The number of hydrogen-bond acceptors (Lipinski definition) is 3. The smallest absolute Gasteiger partial charge is 0.132 e. The summed E-state index contributed by atoms with van der Waals surface area (Å²) in [7, 11) is 0. The third-order valence-electron chi connectivity index (χ3n) is 2.90. The molecule has 0 atom stereocenters. The molecule has 0 saturated heterocycles. The number of nitrogens with zero attached hydrogens (tertiary/aromatic N) is 1. The van der Waals surface area contributed by atoms with E-state index in [1.165, 1.54) is 11.1 Å². The Morgan fingerprint density at radius 3 is 2.22 bits per heavy atom. The zero-order chi connectivity index (χ0) is 13.3. The fourth-order valence-corrected chi connectivity index (χ4v) is 2.53. The highest BCUT2D eigenvalue weighted by atomic mass is 79.9. The van der Waals surface area contributed by atoms with Crippen LogP contribution in [0, 0.1) is 20.8 Å². The first-order valence-electron chi connectivity index (χ1n) is 5.73. The number of anilines is 3. The van der Waals surface area contributed by atoms with E-state index < -0.39 is 0 Å². The molecule has 1 heterocycles. The summed E-state index contributed by atoms with van der Waals surface area (Å²) in [5.74, 6) is 0.770. The Morgan fingerprint density at radius 1 is 1.06 bits per heavy atom. The summed E-state index contributed by atoms with van der Waals surface area (Å²) in [5.41, 5.74) is 11.0. The molecule has 0 spiro atoms. The number of aryl methyl sites for hydroxylation is 3. The summed E-state index contributed by atoms with van der Waals surface area (Å²) in [5, 5.41) is 3.32. The molecule has 0 aliphatic heterocycles. The molecule has 2 aromatic rings. The molecule has 0 amide bonds. The third kappa shape index (κ3) is 2.64. The van der Waals surface area contributed by atoms with Crippen LogP contribution in [0.2, 0.25) is 0 Å². The molecule has 0 aliphatic carbocycles. The molecule has 94 valence electrons. The lowest BCUT2D eigenvalue weighted by molar-refractivity contribution is 1.24. The summed E-state index contributed by atoms with van der Waals surface area (Å²) in [6.07, 6.45) is 1.78. The van der Waals surface area contributed by atoms with E-state index >= 15 is 0 Å². The van der Waals surface area contributed by atoms with Gasteiger partial charge in [-0.25, -0.2) is 4.98 Å². The summed E-state index contributed by atoms with van der Waals surface area (Å²) in [6.45, 7) is 6.08. The summed E-state index contributed by atoms with van der Waals surface area (Å²) >= 11 is 3.49. The Balaban J connectivity index is 2.37. The number of rotatable bonds is 2. The molecule has 1 aromatic heterocycles. The predicted molar refractivity (Wildman–Crippen MR) is 80.3 cm³/mol. The van der Waals surface area contributed by atoms with E-state index in [4.69, 9.17) is 5.73 Å². The summed E-state index contributed by atoms with van der Waals surface area (Å²) < 4.78 is 1.08. The van der Waals surface area contributed by atoms with Crippen molar-refractivity contribution in [2.75, 3.05) is 11.1 Å². The number of pyridine rings is 1. The summed E-state index contributed by atoms with van der Waals surface area (Å²) in [6, 6.07) is 6.01. The molecule has 0 fully saturated rings. The van der Waals surface area contributed by atoms with E-state index in [1.54, 1.807) is 6.20 Å². The second kappa shape index (κ2) is 4.98. The molecule has 0 saturated carbocycles. The van der Waals surface area contributed by atoms with Crippen LogP contribution in [0.15, 0.2) is 28.9 Å². The first-order chi connectivity index (χ1) is 8.47. The maximum absolute atomic E-state index is 5.89. The highest BCUT2D eigenvalue weighted by molar-refractivity contribution is 9.10. The molecule has 0 radical (unpaired) electrons. The van der Waals surface area contributed by atoms with E-state index in [9.17, 15) is 0 Å². The van der Waals surface area contributed by atoms with Gasteiger partial charge >= 0.3 is 0 Å². The standard InChI is InChI=1S/C14H16BrN3/c1-8-4-11(15)5-9(2)14(8)18-13-6-12(16)10(3)7-17-13/h4-7H,1-3H3,(H3,16,17,18). The highest BCUT2D eigenvalue weighted by Crippen LogP contribution is 2.28. The number of hydrogen-bond donors (Lipinski definition) is 2. The van der Waals surface area contributed by atoms with Crippen LogP contribution in [-0.2, 0) is 0 Å². The molecule has 3 N–H and O–H groups in total. The lowest BCUT2D eigenvalue weighted by Gasteiger charge is -2.13. The Kier molecular flexibility index (Phi) is 3.57. The van der Waals surface area contributed by atoms with Gasteiger partial charge in [-0.05, 0) is 49.6 Å². The number of nitrogen functional groups attached to an aromatic ring is 1. The second-order valence-corrected chi connectivity index (χ2v) is 5.38. The maximum atomic E-state index is 5.89. The lowest BCUT2D eigenvalue weighted by Crippen LogP contribution is -2.00. The first-order valence-corrected chi connectivity index (χ1v) is 6.52. The van der Waals surface area contributed by atoms with Gasteiger partial charge in [-0.3, -0.25) is 0 Å². The molecule has 4 heteroatoms. The number of nitrogens with two attached hydrogens (primary N) is 1. The van der Waals surface area contributed by atoms with Crippen LogP contribution >= 0.6 is 15.9 Å². The Labute approximate surface area is 116 Å². The van der Waals surface area contributed by atoms with Gasteiger partial charge in [0.2, 0.25) is 0 Å². The number of halogens is 1. The van der Waals surface area contributed by atoms with Crippen LogP contribution in [0.4, 0.5) is 17.2 Å². The Bertz CT molecular complexity index is 571. The molecular formula is C14H16BrN3. The zero-order valence-electron chi connectivity index (χ0n) is 10.7. The minimum Gasteiger partial charge on any atom is -0.398 e. The van der Waals surface area contributed by atoms with Gasteiger partial charge in [0.25, 0.3) is 0 Å². The van der Waals surface area contributed by atoms with Crippen molar-refractivity contribution in [1.82, 2.24) is 4.98 Å². The molecule has 0 bridgehead atoms. The van der Waals surface area contributed by atoms with Gasteiger partial charge in [0.15, 0.2) is 0 Å². The minimum atomic E-state index is 0.750. The SMILES string of the molecule is Cc1cnc(Nc2c(C)cc(Br)cc2C)cc1N. The number of nitrogens with one attached hydrogen (secondary N) is 1. The van der Waals surface area contributed by atoms with Crippen molar-refractivity contribution in [3.63, 3.8) is 0 Å². The lowest BCUT2D eigenvalue weighted by atomic mass is 10.1. The zero-order valence-corrected chi connectivity index (χ0v) is 12.3. The number of aromatic nitrogens is 1. The van der Waals surface area contributed by atoms with Gasteiger partial charge < -0.3 is 11.1 Å². The van der Waals surface area contributed by atoms with Crippen LogP contribution < -0.4 is 11.1 Å². The monoisotopic (exact) mass is 305 g/mol. The molecule has 0 unspecified atom stereocenters. The van der Waals surface area contributed by atoms with Gasteiger partial charge in [0.1, 0.15) is 5.82 Å². The van der Waals surface area contributed by atoms with Gasteiger partial charge in [-0.15, -0.1) is 0 Å². The quantitative estimate of drug-likeness (QED) is 0.878.